The van der Waals surface area contributed by atoms with Crippen LogP contribution in [0.25, 0.3) is 0 Å². The van der Waals surface area contributed by atoms with Crippen molar-refractivity contribution in [3.63, 3.8) is 0 Å². The van der Waals surface area contributed by atoms with Gasteiger partial charge in [-0.25, -0.2) is 4.79 Å². The minimum absolute atomic E-state index is 0.0194. The molecule has 0 aromatic heterocycles. The second-order valence-electron chi connectivity index (χ2n) is 4.70. The summed E-state index contributed by atoms with van der Waals surface area (Å²) in [5.74, 6) is -0.538. The predicted molar refractivity (Wildman–Crippen MR) is 77.0 cm³/mol. The highest BCUT2D eigenvalue weighted by molar-refractivity contribution is 6.33. The molecule has 2 rings (SSSR count). The first kappa shape index (κ1) is 14.8. The van der Waals surface area contributed by atoms with Crippen LogP contribution in [0.5, 0.6) is 0 Å². The molecule has 0 aliphatic carbocycles. The maximum Gasteiger partial charge on any atom is 0.337 e. The lowest BCUT2D eigenvalue weighted by Gasteiger charge is -2.22. The Balaban J connectivity index is 2.11. The molecule has 1 aromatic rings. The lowest BCUT2D eigenvalue weighted by molar-refractivity contribution is -0.120. The average molecular weight is 297 g/mol. The van der Waals surface area contributed by atoms with E-state index in [9.17, 15) is 9.59 Å². The topological polar surface area (TPSA) is 67.4 Å². The van der Waals surface area contributed by atoms with E-state index < -0.39 is 5.97 Å². The molecular formula is C14H17ClN2O3. The van der Waals surface area contributed by atoms with Gasteiger partial charge in [0.1, 0.15) is 0 Å². The first-order valence-electron chi connectivity index (χ1n) is 6.51. The number of amides is 1. The molecule has 2 N–H and O–H groups in total. The monoisotopic (exact) mass is 296 g/mol. The summed E-state index contributed by atoms with van der Waals surface area (Å²) in [5, 5.41) is 6.40. The number of nitrogens with one attached hydrogen (secondary N) is 2. The fraction of sp³-hybridized carbons (Fsp3) is 0.429. The Bertz CT molecular complexity index is 513. The molecule has 20 heavy (non-hydrogen) atoms. The smallest absolute Gasteiger partial charge is 0.337 e. The van der Waals surface area contributed by atoms with Gasteiger partial charge >= 0.3 is 5.97 Å². The summed E-state index contributed by atoms with van der Waals surface area (Å²) in [4.78, 5) is 23.6. The standard InChI is InChI=1S/C14H17ClN2O3/c1-20-14(19)10-2-3-11(15)12(8-10)17-13(18)9-4-6-16-7-5-9/h2-3,8-9,16H,4-7H2,1H3,(H,17,18). The molecular weight excluding hydrogens is 280 g/mol. The first-order chi connectivity index (χ1) is 9.61. The fourth-order valence-corrected chi connectivity index (χ4v) is 2.35. The van der Waals surface area contributed by atoms with Gasteiger partial charge in [0.25, 0.3) is 0 Å². The number of methoxy groups -OCH3 is 1. The number of anilines is 1. The third-order valence-electron chi connectivity index (χ3n) is 3.36. The number of hydrogen-bond acceptors (Lipinski definition) is 4. The Labute approximate surface area is 122 Å². The molecule has 0 spiro atoms. The van der Waals surface area contributed by atoms with Crippen LogP contribution in [0.4, 0.5) is 5.69 Å². The van der Waals surface area contributed by atoms with Crippen LogP contribution in [-0.2, 0) is 9.53 Å². The van der Waals surface area contributed by atoms with Crippen molar-refractivity contribution in [1.82, 2.24) is 5.32 Å². The number of ether oxygens (including phenoxy) is 1. The van der Waals surface area contributed by atoms with Gasteiger partial charge in [0.15, 0.2) is 0 Å². The third-order valence-corrected chi connectivity index (χ3v) is 3.68. The van der Waals surface area contributed by atoms with Crippen molar-refractivity contribution in [2.45, 2.75) is 12.8 Å². The molecule has 0 atom stereocenters. The summed E-state index contributed by atoms with van der Waals surface area (Å²) < 4.78 is 4.65. The van der Waals surface area contributed by atoms with Gasteiger partial charge in [-0.2, -0.15) is 0 Å². The van der Waals surface area contributed by atoms with Crippen LogP contribution < -0.4 is 10.6 Å². The van der Waals surface area contributed by atoms with Crippen molar-refractivity contribution in [1.29, 1.82) is 0 Å². The Hall–Kier alpha value is -1.59. The summed E-state index contributed by atoms with van der Waals surface area (Å²) in [6.45, 7) is 1.68. The lowest BCUT2D eigenvalue weighted by atomic mass is 9.97. The number of rotatable bonds is 3. The van der Waals surface area contributed by atoms with E-state index in [1.54, 1.807) is 12.1 Å². The van der Waals surface area contributed by atoms with E-state index in [-0.39, 0.29) is 11.8 Å². The van der Waals surface area contributed by atoms with Crippen LogP contribution in [-0.4, -0.2) is 32.1 Å². The average Bonchev–Trinajstić information content (AvgIpc) is 2.49. The second-order valence-corrected chi connectivity index (χ2v) is 5.11. The first-order valence-corrected chi connectivity index (χ1v) is 6.89. The van der Waals surface area contributed by atoms with E-state index in [1.165, 1.54) is 13.2 Å². The van der Waals surface area contributed by atoms with E-state index in [1.807, 2.05) is 0 Å². The van der Waals surface area contributed by atoms with Crippen LogP contribution in [0.15, 0.2) is 18.2 Å². The second kappa shape index (κ2) is 6.72. The number of hydrogen-bond donors (Lipinski definition) is 2. The molecule has 1 amide bonds. The molecule has 5 nitrogen and oxygen atoms in total. The summed E-state index contributed by atoms with van der Waals surface area (Å²) in [7, 11) is 1.31. The third kappa shape index (κ3) is 3.49. The number of carbonyl (C=O) groups excluding carboxylic acids is 2. The fourth-order valence-electron chi connectivity index (χ4n) is 2.18. The quantitative estimate of drug-likeness (QED) is 0.838. The molecule has 1 fully saturated rings. The van der Waals surface area contributed by atoms with Crippen LogP contribution >= 0.6 is 11.6 Å². The molecule has 6 heteroatoms. The van der Waals surface area contributed by atoms with E-state index >= 15 is 0 Å². The Morgan fingerprint density at radius 2 is 2.05 bits per heavy atom. The SMILES string of the molecule is COC(=O)c1ccc(Cl)c(NC(=O)C2CCNCC2)c1. The summed E-state index contributed by atoms with van der Waals surface area (Å²) in [6, 6.07) is 4.67. The summed E-state index contributed by atoms with van der Waals surface area (Å²) in [6.07, 6.45) is 1.61. The van der Waals surface area contributed by atoms with E-state index in [2.05, 4.69) is 15.4 Å². The zero-order valence-corrected chi connectivity index (χ0v) is 12.0. The molecule has 1 aliphatic heterocycles. The van der Waals surface area contributed by atoms with E-state index in [0.717, 1.165) is 25.9 Å². The molecule has 1 aromatic carbocycles. The van der Waals surface area contributed by atoms with Crippen molar-refractivity contribution < 1.29 is 14.3 Å². The Morgan fingerprint density at radius 3 is 2.70 bits per heavy atom. The van der Waals surface area contributed by atoms with Crippen LogP contribution in [0.2, 0.25) is 5.02 Å². The van der Waals surface area contributed by atoms with Gasteiger partial charge in [0.05, 0.1) is 23.4 Å². The van der Waals surface area contributed by atoms with Gasteiger partial charge in [-0.15, -0.1) is 0 Å². The summed E-state index contributed by atoms with van der Waals surface area (Å²) in [5.41, 5.74) is 0.801. The molecule has 1 saturated heterocycles. The number of piperidine rings is 1. The van der Waals surface area contributed by atoms with Gasteiger partial charge in [0.2, 0.25) is 5.91 Å². The van der Waals surface area contributed by atoms with E-state index in [0.29, 0.717) is 16.3 Å². The van der Waals surface area contributed by atoms with Crippen molar-refractivity contribution >= 4 is 29.2 Å². The zero-order valence-electron chi connectivity index (χ0n) is 11.2. The van der Waals surface area contributed by atoms with Gasteiger partial charge in [0, 0.05) is 5.92 Å². The largest absolute Gasteiger partial charge is 0.465 e. The highest BCUT2D eigenvalue weighted by atomic mass is 35.5. The normalized spacial score (nSPS) is 15.7. The van der Waals surface area contributed by atoms with Crippen LogP contribution in [0.3, 0.4) is 0 Å². The number of carbonyl (C=O) groups is 2. The molecule has 0 unspecified atom stereocenters. The minimum Gasteiger partial charge on any atom is -0.465 e. The van der Waals surface area contributed by atoms with Gasteiger partial charge in [-0.3, -0.25) is 4.79 Å². The zero-order chi connectivity index (χ0) is 14.5. The number of esters is 1. The molecule has 0 radical (unpaired) electrons. The number of benzene rings is 1. The molecule has 1 heterocycles. The molecule has 108 valence electrons. The van der Waals surface area contributed by atoms with Gasteiger partial charge in [-0.05, 0) is 44.1 Å². The maximum absolute atomic E-state index is 12.2. The van der Waals surface area contributed by atoms with Crippen molar-refractivity contribution in [3.05, 3.63) is 28.8 Å². The predicted octanol–water partition coefficient (Wildman–Crippen LogP) is 2.06. The van der Waals surface area contributed by atoms with Crippen LogP contribution in [0.1, 0.15) is 23.2 Å². The van der Waals surface area contributed by atoms with Crippen LogP contribution in [0, 0.1) is 5.92 Å². The van der Waals surface area contributed by atoms with Gasteiger partial charge in [-0.1, -0.05) is 11.6 Å². The minimum atomic E-state index is -0.459. The van der Waals surface area contributed by atoms with Crippen molar-refractivity contribution in [2.24, 2.45) is 5.92 Å². The Morgan fingerprint density at radius 1 is 1.35 bits per heavy atom. The molecule has 0 bridgehead atoms. The highest BCUT2D eigenvalue weighted by Gasteiger charge is 2.21. The Kier molecular flexibility index (Phi) is 4.98. The van der Waals surface area contributed by atoms with Crippen molar-refractivity contribution in [2.75, 3.05) is 25.5 Å². The van der Waals surface area contributed by atoms with Crippen molar-refractivity contribution in [3.8, 4) is 0 Å². The molecule has 0 saturated carbocycles. The molecule has 1 aliphatic rings. The summed E-state index contributed by atoms with van der Waals surface area (Å²) >= 11 is 6.05. The maximum atomic E-state index is 12.2. The van der Waals surface area contributed by atoms with Gasteiger partial charge < -0.3 is 15.4 Å². The highest BCUT2D eigenvalue weighted by Crippen LogP contribution is 2.25. The van der Waals surface area contributed by atoms with E-state index in [4.69, 9.17) is 11.6 Å². The number of halogens is 1. The lowest BCUT2D eigenvalue weighted by Crippen LogP contribution is -2.34.